The number of imide groups is 1. The van der Waals surface area contributed by atoms with E-state index in [1.165, 1.54) is 0 Å². The normalized spacial score (nSPS) is 15.4. The Kier molecular flexibility index (Phi) is 2.75. The predicted octanol–water partition coefficient (Wildman–Crippen LogP) is -0.276. The second-order valence-electron chi connectivity index (χ2n) is 3.79. The maximum Gasteiger partial charge on any atom is 0.246 e. The third kappa shape index (κ3) is 2.39. The summed E-state index contributed by atoms with van der Waals surface area (Å²) in [4.78, 5) is 28.2. The molecule has 2 amide bonds. The molecule has 0 spiro atoms. The lowest BCUT2D eigenvalue weighted by molar-refractivity contribution is -0.130. The Balaban J connectivity index is 2.33. The van der Waals surface area contributed by atoms with E-state index in [0.717, 1.165) is 0 Å². The maximum atomic E-state index is 11.2. The molecule has 0 saturated carbocycles. The molecule has 0 unspecified atom stereocenters. The fraction of sp³-hybridized carbons (Fsp3) is 0.273. The first kappa shape index (κ1) is 11.1. The second-order valence-corrected chi connectivity index (χ2v) is 3.79. The SMILES string of the molecule is Cc1cc(C#N)cc(N2CC(=O)NC(=O)C2)n1. The standard InChI is InChI=1S/C11H10N4O2/c1-7-2-8(4-12)3-9(13-7)15-5-10(16)14-11(17)6-15/h2-3H,5-6H2,1H3,(H,14,16,17). The van der Waals surface area contributed by atoms with E-state index in [4.69, 9.17) is 5.26 Å². The number of amides is 2. The van der Waals surface area contributed by atoms with Gasteiger partial charge in [0.25, 0.3) is 0 Å². The van der Waals surface area contributed by atoms with Crippen molar-refractivity contribution >= 4 is 17.6 Å². The number of nitrogens with zero attached hydrogens (tertiary/aromatic N) is 3. The zero-order chi connectivity index (χ0) is 12.4. The van der Waals surface area contributed by atoms with Crippen LogP contribution in [0.5, 0.6) is 0 Å². The van der Waals surface area contributed by atoms with E-state index in [1.807, 2.05) is 6.07 Å². The fourth-order valence-electron chi connectivity index (χ4n) is 1.68. The Hall–Kier alpha value is -2.42. The van der Waals surface area contributed by atoms with Crippen molar-refractivity contribution in [3.05, 3.63) is 23.4 Å². The smallest absolute Gasteiger partial charge is 0.246 e. The van der Waals surface area contributed by atoms with Crippen LogP contribution < -0.4 is 10.2 Å². The van der Waals surface area contributed by atoms with Crippen molar-refractivity contribution in [1.29, 1.82) is 5.26 Å². The van der Waals surface area contributed by atoms with Crippen molar-refractivity contribution in [3.63, 3.8) is 0 Å². The number of carbonyl (C=O) groups excluding carboxylic acids is 2. The van der Waals surface area contributed by atoms with Gasteiger partial charge >= 0.3 is 0 Å². The molecule has 0 atom stereocenters. The van der Waals surface area contributed by atoms with Crippen LogP contribution in [0.2, 0.25) is 0 Å². The van der Waals surface area contributed by atoms with E-state index in [1.54, 1.807) is 24.0 Å². The van der Waals surface area contributed by atoms with E-state index in [0.29, 0.717) is 17.1 Å². The minimum Gasteiger partial charge on any atom is -0.338 e. The number of pyridine rings is 1. The third-order valence-electron chi connectivity index (χ3n) is 2.34. The van der Waals surface area contributed by atoms with Gasteiger partial charge in [0.05, 0.1) is 24.7 Å². The van der Waals surface area contributed by atoms with Crippen LogP contribution in [0.4, 0.5) is 5.82 Å². The number of piperazine rings is 1. The van der Waals surface area contributed by atoms with Gasteiger partial charge in [0.1, 0.15) is 5.82 Å². The molecule has 2 heterocycles. The Morgan fingerprint density at radius 1 is 1.35 bits per heavy atom. The van der Waals surface area contributed by atoms with E-state index in [9.17, 15) is 9.59 Å². The molecule has 1 aliphatic rings. The number of aryl methyl sites for hydroxylation is 1. The molecule has 1 aliphatic heterocycles. The van der Waals surface area contributed by atoms with E-state index >= 15 is 0 Å². The first-order chi connectivity index (χ1) is 8.08. The molecule has 0 aliphatic carbocycles. The molecular formula is C11H10N4O2. The number of nitriles is 1. The van der Waals surface area contributed by atoms with Crippen LogP contribution in [0.3, 0.4) is 0 Å². The number of anilines is 1. The number of carbonyl (C=O) groups is 2. The van der Waals surface area contributed by atoms with E-state index < -0.39 is 0 Å². The summed E-state index contributed by atoms with van der Waals surface area (Å²) < 4.78 is 0. The van der Waals surface area contributed by atoms with E-state index in [-0.39, 0.29) is 24.9 Å². The minimum atomic E-state index is -0.358. The Labute approximate surface area is 97.9 Å². The van der Waals surface area contributed by atoms with Gasteiger partial charge in [-0.15, -0.1) is 0 Å². The Morgan fingerprint density at radius 2 is 2.00 bits per heavy atom. The van der Waals surface area contributed by atoms with Gasteiger partial charge in [-0.2, -0.15) is 5.26 Å². The van der Waals surface area contributed by atoms with E-state index in [2.05, 4.69) is 10.3 Å². The summed E-state index contributed by atoms with van der Waals surface area (Å²) in [6.45, 7) is 1.91. The van der Waals surface area contributed by atoms with Crippen LogP contribution in [-0.2, 0) is 9.59 Å². The lowest BCUT2D eigenvalue weighted by Crippen LogP contribution is -2.51. The van der Waals surface area contributed by atoms with Crippen molar-refractivity contribution in [1.82, 2.24) is 10.3 Å². The molecule has 17 heavy (non-hydrogen) atoms. The van der Waals surface area contributed by atoms with Crippen LogP contribution in [0.25, 0.3) is 0 Å². The number of hydrogen-bond acceptors (Lipinski definition) is 5. The first-order valence-corrected chi connectivity index (χ1v) is 5.05. The monoisotopic (exact) mass is 230 g/mol. The predicted molar refractivity (Wildman–Crippen MR) is 59.1 cm³/mol. The summed E-state index contributed by atoms with van der Waals surface area (Å²) in [5.41, 5.74) is 1.14. The highest BCUT2D eigenvalue weighted by Gasteiger charge is 2.23. The molecular weight excluding hydrogens is 220 g/mol. The van der Waals surface area contributed by atoms with Gasteiger partial charge in [0, 0.05) is 5.69 Å². The molecule has 0 bridgehead atoms. The van der Waals surface area contributed by atoms with Crippen LogP contribution in [-0.4, -0.2) is 29.9 Å². The van der Waals surface area contributed by atoms with Crippen molar-refractivity contribution in [2.24, 2.45) is 0 Å². The molecule has 6 heteroatoms. The largest absolute Gasteiger partial charge is 0.338 e. The summed E-state index contributed by atoms with van der Waals surface area (Å²) in [5, 5.41) is 11.1. The Bertz CT molecular complexity index is 517. The number of hydrogen-bond donors (Lipinski definition) is 1. The highest BCUT2D eigenvalue weighted by molar-refractivity contribution is 6.02. The average molecular weight is 230 g/mol. The van der Waals surface area contributed by atoms with Crippen molar-refractivity contribution in [2.75, 3.05) is 18.0 Å². The lowest BCUT2D eigenvalue weighted by atomic mass is 10.2. The van der Waals surface area contributed by atoms with Gasteiger partial charge in [-0.3, -0.25) is 14.9 Å². The van der Waals surface area contributed by atoms with Crippen molar-refractivity contribution in [2.45, 2.75) is 6.92 Å². The molecule has 0 radical (unpaired) electrons. The van der Waals surface area contributed by atoms with Gasteiger partial charge in [-0.05, 0) is 19.1 Å². The summed E-state index contributed by atoms with van der Waals surface area (Å²) in [5.74, 6) is -0.240. The van der Waals surface area contributed by atoms with Crippen molar-refractivity contribution in [3.8, 4) is 6.07 Å². The van der Waals surface area contributed by atoms with Crippen molar-refractivity contribution < 1.29 is 9.59 Å². The minimum absolute atomic E-state index is 0.0765. The third-order valence-corrected chi connectivity index (χ3v) is 2.34. The zero-order valence-corrected chi connectivity index (χ0v) is 9.23. The molecule has 1 saturated heterocycles. The lowest BCUT2D eigenvalue weighted by Gasteiger charge is -2.26. The summed E-state index contributed by atoms with van der Waals surface area (Å²) >= 11 is 0. The van der Waals surface area contributed by atoms with Gasteiger partial charge < -0.3 is 4.90 Å². The first-order valence-electron chi connectivity index (χ1n) is 5.05. The molecule has 1 aromatic rings. The zero-order valence-electron chi connectivity index (χ0n) is 9.23. The number of rotatable bonds is 1. The van der Waals surface area contributed by atoms with Crippen LogP contribution in [0.15, 0.2) is 12.1 Å². The summed E-state index contributed by atoms with van der Waals surface area (Å²) in [6.07, 6.45) is 0. The highest BCUT2D eigenvalue weighted by Crippen LogP contribution is 2.15. The average Bonchev–Trinajstić information content (AvgIpc) is 2.26. The molecule has 0 aromatic carbocycles. The van der Waals surface area contributed by atoms with Crippen LogP contribution in [0, 0.1) is 18.3 Å². The fourth-order valence-corrected chi connectivity index (χ4v) is 1.68. The summed E-state index contributed by atoms with van der Waals surface area (Å²) in [6, 6.07) is 5.23. The molecule has 2 rings (SSSR count). The molecule has 1 fully saturated rings. The highest BCUT2D eigenvalue weighted by atomic mass is 16.2. The second kappa shape index (κ2) is 4.22. The van der Waals surface area contributed by atoms with Gasteiger partial charge in [0.2, 0.25) is 11.8 Å². The maximum absolute atomic E-state index is 11.2. The Morgan fingerprint density at radius 3 is 2.59 bits per heavy atom. The van der Waals surface area contributed by atoms with Crippen LogP contribution in [0.1, 0.15) is 11.3 Å². The number of nitrogens with one attached hydrogen (secondary N) is 1. The van der Waals surface area contributed by atoms with Gasteiger partial charge in [0.15, 0.2) is 0 Å². The molecule has 6 nitrogen and oxygen atoms in total. The number of aromatic nitrogens is 1. The summed E-state index contributed by atoms with van der Waals surface area (Å²) in [7, 11) is 0. The molecule has 86 valence electrons. The molecule has 1 aromatic heterocycles. The topological polar surface area (TPSA) is 86.1 Å². The quantitative estimate of drug-likeness (QED) is 0.671. The molecule has 1 N–H and O–H groups in total. The van der Waals surface area contributed by atoms with Gasteiger partial charge in [-0.25, -0.2) is 4.98 Å². The van der Waals surface area contributed by atoms with Gasteiger partial charge in [-0.1, -0.05) is 0 Å². The van der Waals surface area contributed by atoms with Crippen LogP contribution >= 0.6 is 0 Å².